The second-order valence-electron chi connectivity index (χ2n) is 4.74. The summed E-state index contributed by atoms with van der Waals surface area (Å²) in [6.45, 7) is 1.82. The SMILES string of the molecule is Cc1ccc(S(=O)(=O)N2C(=O)c3ccccc3C2=O)cc1. The van der Waals surface area contributed by atoms with Gasteiger partial charge in [-0.2, -0.15) is 4.31 Å². The second-order valence-corrected chi connectivity index (χ2v) is 6.53. The Morgan fingerprint density at radius 1 is 0.810 bits per heavy atom. The van der Waals surface area contributed by atoms with Crippen molar-refractivity contribution in [3.63, 3.8) is 0 Å². The predicted molar refractivity (Wildman–Crippen MR) is 75.3 cm³/mol. The van der Waals surface area contributed by atoms with E-state index in [-0.39, 0.29) is 16.0 Å². The topological polar surface area (TPSA) is 71.5 Å². The molecule has 2 amide bonds. The first-order chi connectivity index (χ1) is 9.93. The molecule has 5 nitrogen and oxygen atoms in total. The van der Waals surface area contributed by atoms with E-state index in [2.05, 4.69) is 0 Å². The molecular weight excluding hydrogens is 290 g/mol. The van der Waals surface area contributed by atoms with Crippen LogP contribution in [-0.4, -0.2) is 24.5 Å². The number of fused-ring (bicyclic) bond motifs is 1. The number of hydrogen-bond acceptors (Lipinski definition) is 4. The van der Waals surface area contributed by atoms with E-state index < -0.39 is 21.8 Å². The lowest BCUT2D eigenvalue weighted by molar-refractivity contribution is 0.0765. The number of benzene rings is 2. The fourth-order valence-electron chi connectivity index (χ4n) is 2.20. The quantitative estimate of drug-likeness (QED) is 0.795. The predicted octanol–water partition coefficient (Wildman–Crippen LogP) is 1.98. The molecule has 2 aromatic rings. The van der Waals surface area contributed by atoms with E-state index in [0.717, 1.165) is 5.56 Å². The molecule has 2 aromatic carbocycles. The minimum absolute atomic E-state index is 0.0809. The molecule has 0 N–H and O–H groups in total. The van der Waals surface area contributed by atoms with Gasteiger partial charge in [-0.05, 0) is 31.2 Å². The number of aryl methyl sites for hydroxylation is 1. The van der Waals surface area contributed by atoms with Crippen LogP contribution in [0.15, 0.2) is 53.4 Å². The van der Waals surface area contributed by atoms with Gasteiger partial charge in [0.15, 0.2) is 0 Å². The molecule has 0 unspecified atom stereocenters. The highest BCUT2D eigenvalue weighted by Crippen LogP contribution is 2.28. The van der Waals surface area contributed by atoms with Crippen LogP contribution < -0.4 is 0 Å². The van der Waals surface area contributed by atoms with Crippen LogP contribution in [0, 0.1) is 6.92 Å². The van der Waals surface area contributed by atoms with Crippen LogP contribution in [0.2, 0.25) is 0 Å². The monoisotopic (exact) mass is 301 g/mol. The maximum atomic E-state index is 12.5. The summed E-state index contributed by atoms with van der Waals surface area (Å²) in [5.41, 5.74) is 1.10. The summed E-state index contributed by atoms with van der Waals surface area (Å²) in [7, 11) is -4.19. The summed E-state index contributed by atoms with van der Waals surface area (Å²) in [4.78, 5) is 24.4. The van der Waals surface area contributed by atoms with Crippen LogP contribution in [0.1, 0.15) is 26.3 Å². The van der Waals surface area contributed by atoms with Gasteiger partial charge in [-0.25, -0.2) is 8.42 Å². The Bertz CT molecular complexity index is 818. The Labute approximate surface area is 121 Å². The van der Waals surface area contributed by atoms with Gasteiger partial charge in [0.25, 0.3) is 21.8 Å². The average molecular weight is 301 g/mol. The first-order valence-electron chi connectivity index (χ1n) is 6.22. The van der Waals surface area contributed by atoms with Gasteiger partial charge in [-0.3, -0.25) is 9.59 Å². The highest BCUT2D eigenvalue weighted by molar-refractivity contribution is 7.90. The van der Waals surface area contributed by atoms with E-state index in [4.69, 9.17) is 0 Å². The van der Waals surface area contributed by atoms with Crippen LogP contribution in [0.5, 0.6) is 0 Å². The smallest absolute Gasteiger partial charge is 0.267 e. The van der Waals surface area contributed by atoms with Gasteiger partial charge < -0.3 is 0 Å². The number of carbonyl (C=O) groups excluding carboxylic acids is 2. The first-order valence-corrected chi connectivity index (χ1v) is 7.66. The molecule has 1 heterocycles. The van der Waals surface area contributed by atoms with Crippen molar-refractivity contribution in [3.05, 3.63) is 65.2 Å². The number of carbonyl (C=O) groups is 2. The summed E-state index contributed by atoms with van der Waals surface area (Å²) in [6, 6.07) is 12.1. The number of sulfonamides is 1. The second kappa shape index (κ2) is 4.53. The Morgan fingerprint density at radius 3 is 1.76 bits per heavy atom. The lowest BCUT2D eigenvalue weighted by Crippen LogP contribution is -2.36. The molecule has 6 heteroatoms. The molecule has 0 aliphatic carbocycles. The van der Waals surface area contributed by atoms with Crippen LogP contribution in [-0.2, 0) is 10.0 Å². The molecule has 0 saturated carbocycles. The van der Waals surface area contributed by atoms with Gasteiger partial charge in [0, 0.05) is 0 Å². The molecule has 3 rings (SSSR count). The van der Waals surface area contributed by atoms with Crippen molar-refractivity contribution in [2.45, 2.75) is 11.8 Å². The van der Waals surface area contributed by atoms with Gasteiger partial charge in [0.1, 0.15) is 0 Å². The zero-order valence-electron chi connectivity index (χ0n) is 11.1. The van der Waals surface area contributed by atoms with Gasteiger partial charge in [-0.15, -0.1) is 0 Å². The summed E-state index contributed by atoms with van der Waals surface area (Å²) >= 11 is 0. The summed E-state index contributed by atoms with van der Waals surface area (Å²) in [6.07, 6.45) is 0. The highest BCUT2D eigenvalue weighted by Gasteiger charge is 2.43. The van der Waals surface area contributed by atoms with E-state index in [0.29, 0.717) is 4.31 Å². The Hall–Kier alpha value is -2.47. The van der Waals surface area contributed by atoms with Gasteiger partial charge in [0.2, 0.25) is 0 Å². The maximum Gasteiger partial charge on any atom is 0.275 e. The number of hydrogen-bond donors (Lipinski definition) is 0. The number of rotatable bonds is 2. The van der Waals surface area contributed by atoms with Crippen molar-refractivity contribution in [1.82, 2.24) is 4.31 Å². The standard InChI is InChI=1S/C15H11NO4S/c1-10-6-8-11(9-7-10)21(19,20)16-14(17)12-4-2-3-5-13(12)15(16)18/h2-9H,1H3. The van der Waals surface area contributed by atoms with Crippen LogP contribution in [0.25, 0.3) is 0 Å². The summed E-state index contributed by atoms with van der Waals surface area (Å²) in [5.74, 6) is -1.62. The van der Waals surface area contributed by atoms with E-state index >= 15 is 0 Å². The van der Waals surface area contributed by atoms with Crippen molar-refractivity contribution in [2.24, 2.45) is 0 Å². The minimum Gasteiger partial charge on any atom is -0.267 e. The maximum absolute atomic E-state index is 12.5. The molecule has 0 fully saturated rings. The molecule has 0 radical (unpaired) electrons. The first kappa shape index (κ1) is 13.5. The van der Waals surface area contributed by atoms with Crippen LogP contribution in [0.3, 0.4) is 0 Å². The third-order valence-corrected chi connectivity index (χ3v) is 5.00. The molecule has 0 saturated heterocycles. The van der Waals surface area contributed by atoms with E-state index in [1.54, 1.807) is 24.3 Å². The molecular formula is C15H11NO4S. The molecule has 21 heavy (non-hydrogen) atoms. The van der Waals surface area contributed by atoms with E-state index in [1.165, 1.54) is 24.3 Å². The Balaban J connectivity index is 2.12. The minimum atomic E-state index is -4.19. The Kier molecular flexibility index (Phi) is 2.91. The van der Waals surface area contributed by atoms with Crippen molar-refractivity contribution in [3.8, 4) is 0 Å². The fraction of sp³-hybridized carbons (Fsp3) is 0.0667. The fourth-order valence-corrected chi connectivity index (χ4v) is 3.53. The molecule has 1 aliphatic heterocycles. The summed E-state index contributed by atoms with van der Waals surface area (Å²) in [5, 5.41) is 0. The number of nitrogens with zero attached hydrogens (tertiary/aromatic N) is 1. The van der Waals surface area contributed by atoms with Gasteiger partial charge in [0.05, 0.1) is 16.0 Å². The average Bonchev–Trinajstić information content (AvgIpc) is 2.72. The third kappa shape index (κ3) is 1.95. The van der Waals surface area contributed by atoms with Crippen molar-refractivity contribution < 1.29 is 18.0 Å². The third-order valence-electron chi connectivity index (χ3n) is 3.32. The lowest BCUT2D eigenvalue weighted by Gasteiger charge is -2.14. The molecule has 106 valence electrons. The van der Waals surface area contributed by atoms with Crippen molar-refractivity contribution in [2.75, 3.05) is 0 Å². The van der Waals surface area contributed by atoms with Gasteiger partial charge >= 0.3 is 0 Å². The largest absolute Gasteiger partial charge is 0.275 e. The zero-order chi connectivity index (χ0) is 15.2. The molecule has 0 spiro atoms. The molecule has 0 bridgehead atoms. The lowest BCUT2D eigenvalue weighted by atomic mass is 10.1. The number of amides is 2. The molecule has 0 atom stereocenters. The normalized spacial score (nSPS) is 14.4. The Morgan fingerprint density at radius 2 is 1.29 bits per heavy atom. The van der Waals surface area contributed by atoms with E-state index in [1.807, 2.05) is 6.92 Å². The molecule has 0 aromatic heterocycles. The van der Waals surface area contributed by atoms with E-state index in [9.17, 15) is 18.0 Å². The molecule has 1 aliphatic rings. The summed E-state index contributed by atoms with van der Waals surface area (Å²) < 4.78 is 25.4. The van der Waals surface area contributed by atoms with Crippen molar-refractivity contribution >= 4 is 21.8 Å². The van der Waals surface area contributed by atoms with Crippen molar-refractivity contribution in [1.29, 1.82) is 0 Å². The number of imide groups is 1. The zero-order valence-corrected chi connectivity index (χ0v) is 11.9. The van der Waals surface area contributed by atoms with Gasteiger partial charge in [-0.1, -0.05) is 29.8 Å². The highest BCUT2D eigenvalue weighted by atomic mass is 32.2. The van der Waals surface area contributed by atoms with Crippen LogP contribution in [0.4, 0.5) is 0 Å². The van der Waals surface area contributed by atoms with Crippen LogP contribution >= 0.6 is 0 Å².